The number of amides is 2. The third kappa shape index (κ3) is 3.13. The standard InChI is InChI=1S/C19H24N4O2/c1-13(18(25)23-9-7-19(5-6-19)8-10-23)20-17(24)14-3-4-15-12-22(2)21-16(15)11-14/h3-4,11-13H,5-10H2,1-2H3,(H,20,24)/t13-/m0/s1. The molecule has 1 N–H and O–H groups in total. The highest BCUT2D eigenvalue weighted by molar-refractivity contribution is 6.00. The normalized spacial score (nSPS) is 19.8. The molecule has 2 amide bonds. The van der Waals surface area contributed by atoms with Crippen LogP contribution in [-0.2, 0) is 11.8 Å². The number of piperidine rings is 1. The second-order valence-corrected chi connectivity index (χ2v) is 7.60. The number of aryl methyl sites for hydroxylation is 1. The van der Waals surface area contributed by atoms with Gasteiger partial charge in [0.15, 0.2) is 0 Å². The van der Waals surface area contributed by atoms with E-state index in [-0.39, 0.29) is 11.8 Å². The zero-order valence-corrected chi connectivity index (χ0v) is 14.8. The number of nitrogens with zero attached hydrogens (tertiary/aromatic N) is 3. The molecule has 4 rings (SSSR count). The molecule has 132 valence electrons. The molecule has 2 aromatic rings. The molecule has 1 aliphatic carbocycles. The Bertz CT molecular complexity index is 827. The molecule has 2 fully saturated rings. The molecule has 0 radical (unpaired) electrons. The lowest BCUT2D eigenvalue weighted by molar-refractivity contribution is -0.134. The van der Waals surface area contributed by atoms with Crippen molar-refractivity contribution in [1.29, 1.82) is 0 Å². The molecule has 2 heterocycles. The molecule has 1 spiro atoms. The van der Waals surface area contributed by atoms with Crippen molar-refractivity contribution in [3.8, 4) is 0 Å². The van der Waals surface area contributed by atoms with E-state index in [1.165, 1.54) is 12.8 Å². The van der Waals surface area contributed by atoms with Crippen LogP contribution in [0.5, 0.6) is 0 Å². The van der Waals surface area contributed by atoms with Crippen LogP contribution in [-0.4, -0.2) is 45.6 Å². The second kappa shape index (κ2) is 5.86. The van der Waals surface area contributed by atoms with Gasteiger partial charge in [0.2, 0.25) is 5.91 Å². The molecule has 25 heavy (non-hydrogen) atoms. The van der Waals surface area contributed by atoms with Gasteiger partial charge in [-0.1, -0.05) is 6.07 Å². The van der Waals surface area contributed by atoms with Crippen LogP contribution in [0.15, 0.2) is 24.4 Å². The first-order valence-corrected chi connectivity index (χ1v) is 8.99. The Hall–Kier alpha value is -2.37. The van der Waals surface area contributed by atoms with E-state index >= 15 is 0 Å². The molecule has 1 atom stereocenters. The van der Waals surface area contributed by atoms with Gasteiger partial charge in [0.05, 0.1) is 5.52 Å². The summed E-state index contributed by atoms with van der Waals surface area (Å²) in [5.41, 5.74) is 1.85. The van der Waals surface area contributed by atoms with Crippen LogP contribution in [0.4, 0.5) is 0 Å². The fourth-order valence-corrected chi connectivity index (χ4v) is 3.77. The number of fused-ring (bicyclic) bond motifs is 1. The van der Waals surface area contributed by atoms with Gasteiger partial charge in [-0.2, -0.15) is 5.10 Å². The maximum Gasteiger partial charge on any atom is 0.251 e. The van der Waals surface area contributed by atoms with Crippen molar-refractivity contribution >= 4 is 22.7 Å². The molecule has 6 heteroatoms. The Labute approximate surface area is 147 Å². The largest absolute Gasteiger partial charge is 0.341 e. The first-order valence-electron chi connectivity index (χ1n) is 8.99. The average molecular weight is 340 g/mol. The minimum atomic E-state index is -0.514. The molecule has 2 aliphatic rings. The van der Waals surface area contributed by atoms with Crippen molar-refractivity contribution < 1.29 is 9.59 Å². The highest BCUT2D eigenvalue weighted by Crippen LogP contribution is 2.53. The Kier molecular flexibility index (Phi) is 3.78. The Balaban J connectivity index is 1.39. The zero-order valence-electron chi connectivity index (χ0n) is 14.8. The predicted molar refractivity (Wildman–Crippen MR) is 95.1 cm³/mol. The number of nitrogens with one attached hydrogen (secondary N) is 1. The maximum atomic E-state index is 12.6. The summed E-state index contributed by atoms with van der Waals surface area (Å²) in [4.78, 5) is 27.0. The summed E-state index contributed by atoms with van der Waals surface area (Å²) >= 11 is 0. The Morgan fingerprint density at radius 1 is 1.20 bits per heavy atom. The number of carbonyl (C=O) groups is 2. The number of carbonyl (C=O) groups excluding carboxylic acids is 2. The number of rotatable bonds is 3. The maximum absolute atomic E-state index is 12.6. The second-order valence-electron chi connectivity index (χ2n) is 7.60. The van der Waals surface area contributed by atoms with Gasteiger partial charge in [-0.05, 0) is 50.2 Å². The lowest BCUT2D eigenvalue weighted by atomic mass is 9.93. The van der Waals surface area contributed by atoms with Crippen molar-refractivity contribution in [1.82, 2.24) is 20.0 Å². The first kappa shape index (κ1) is 16.1. The summed E-state index contributed by atoms with van der Waals surface area (Å²) in [5.74, 6) is -0.216. The highest BCUT2D eigenvalue weighted by Gasteiger charge is 2.45. The summed E-state index contributed by atoms with van der Waals surface area (Å²) in [6, 6.07) is 4.90. The molecule has 0 bridgehead atoms. The van der Waals surface area contributed by atoms with Gasteiger partial charge in [0.1, 0.15) is 6.04 Å². The molecule has 0 unspecified atom stereocenters. The Morgan fingerprint density at radius 3 is 2.60 bits per heavy atom. The van der Waals surface area contributed by atoms with Gasteiger partial charge in [-0.25, -0.2) is 0 Å². The van der Waals surface area contributed by atoms with E-state index < -0.39 is 6.04 Å². The van der Waals surface area contributed by atoms with Crippen LogP contribution < -0.4 is 5.32 Å². The summed E-state index contributed by atoms with van der Waals surface area (Å²) < 4.78 is 1.72. The third-order valence-electron chi connectivity index (χ3n) is 5.69. The minimum Gasteiger partial charge on any atom is -0.341 e. The lowest BCUT2D eigenvalue weighted by Gasteiger charge is -2.33. The van der Waals surface area contributed by atoms with Gasteiger partial charge in [-0.3, -0.25) is 14.3 Å². The molecule has 1 aliphatic heterocycles. The fourth-order valence-electron chi connectivity index (χ4n) is 3.77. The van der Waals surface area contributed by atoms with Gasteiger partial charge in [-0.15, -0.1) is 0 Å². The van der Waals surface area contributed by atoms with Gasteiger partial charge in [0.25, 0.3) is 5.91 Å². The topological polar surface area (TPSA) is 67.2 Å². The van der Waals surface area contributed by atoms with E-state index in [0.29, 0.717) is 11.0 Å². The van der Waals surface area contributed by atoms with Crippen molar-refractivity contribution in [3.63, 3.8) is 0 Å². The number of likely N-dealkylation sites (tertiary alicyclic amines) is 1. The molecule has 6 nitrogen and oxygen atoms in total. The monoisotopic (exact) mass is 340 g/mol. The highest BCUT2D eigenvalue weighted by atomic mass is 16.2. The van der Waals surface area contributed by atoms with Crippen molar-refractivity contribution in [2.75, 3.05) is 13.1 Å². The summed E-state index contributed by atoms with van der Waals surface area (Å²) in [6.07, 6.45) is 6.76. The number of hydrogen-bond donors (Lipinski definition) is 1. The predicted octanol–water partition coefficient (Wildman–Crippen LogP) is 2.09. The van der Waals surface area contributed by atoms with Crippen molar-refractivity contribution in [2.24, 2.45) is 12.5 Å². The van der Waals surface area contributed by atoms with Crippen LogP contribution >= 0.6 is 0 Å². The van der Waals surface area contributed by atoms with Crippen LogP contribution in [0.2, 0.25) is 0 Å². The van der Waals surface area contributed by atoms with Gasteiger partial charge in [0, 0.05) is 37.3 Å². The van der Waals surface area contributed by atoms with Gasteiger partial charge >= 0.3 is 0 Å². The van der Waals surface area contributed by atoms with E-state index in [9.17, 15) is 9.59 Å². The summed E-state index contributed by atoms with van der Waals surface area (Å²) in [7, 11) is 1.85. The minimum absolute atomic E-state index is 0.0164. The number of benzene rings is 1. The lowest BCUT2D eigenvalue weighted by Crippen LogP contribution is -2.49. The molecule has 1 saturated heterocycles. The van der Waals surface area contributed by atoms with Crippen molar-refractivity contribution in [2.45, 2.75) is 38.6 Å². The van der Waals surface area contributed by atoms with Crippen molar-refractivity contribution in [3.05, 3.63) is 30.0 Å². The van der Waals surface area contributed by atoms with Crippen LogP contribution in [0.3, 0.4) is 0 Å². The van der Waals surface area contributed by atoms with Crippen LogP contribution in [0.25, 0.3) is 10.9 Å². The van der Waals surface area contributed by atoms with E-state index in [2.05, 4.69) is 10.4 Å². The molecular formula is C19H24N4O2. The van der Waals surface area contributed by atoms with E-state index in [1.54, 1.807) is 23.7 Å². The van der Waals surface area contributed by atoms with E-state index in [0.717, 1.165) is 36.8 Å². The van der Waals surface area contributed by atoms with E-state index in [4.69, 9.17) is 0 Å². The fraction of sp³-hybridized carbons (Fsp3) is 0.526. The third-order valence-corrected chi connectivity index (χ3v) is 5.69. The Morgan fingerprint density at radius 2 is 1.92 bits per heavy atom. The number of aromatic nitrogens is 2. The smallest absolute Gasteiger partial charge is 0.251 e. The average Bonchev–Trinajstić information content (AvgIpc) is 3.24. The first-order chi connectivity index (χ1) is 12.0. The molecule has 1 aromatic carbocycles. The van der Waals surface area contributed by atoms with Gasteiger partial charge < -0.3 is 10.2 Å². The molecule has 1 aromatic heterocycles. The van der Waals surface area contributed by atoms with E-state index in [1.807, 2.05) is 24.2 Å². The van der Waals surface area contributed by atoms with Crippen LogP contribution in [0, 0.1) is 5.41 Å². The summed E-state index contributed by atoms with van der Waals surface area (Å²) in [6.45, 7) is 3.40. The molecular weight excluding hydrogens is 316 g/mol. The number of hydrogen-bond acceptors (Lipinski definition) is 3. The summed E-state index contributed by atoms with van der Waals surface area (Å²) in [5, 5.41) is 8.15. The quantitative estimate of drug-likeness (QED) is 0.930. The molecule has 1 saturated carbocycles. The van der Waals surface area contributed by atoms with Crippen LogP contribution in [0.1, 0.15) is 43.0 Å². The SMILES string of the molecule is C[C@H](NC(=O)c1ccc2cn(C)nc2c1)C(=O)N1CCC2(CC1)CC2. The zero-order chi connectivity index (χ0) is 17.6.